The van der Waals surface area contributed by atoms with Crippen LogP contribution in [0.3, 0.4) is 0 Å². The molecule has 0 aliphatic rings. The van der Waals surface area contributed by atoms with Crippen molar-refractivity contribution >= 4 is 11.6 Å². The van der Waals surface area contributed by atoms with Crippen LogP contribution in [-0.4, -0.2) is 42.9 Å². The SMILES string of the molecule is CNC(=O)Cn1ncc(N(C)CCN)cc1=O. The summed E-state index contributed by atoms with van der Waals surface area (Å²) in [6.07, 6.45) is 1.54. The van der Waals surface area contributed by atoms with Gasteiger partial charge in [0.05, 0.1) is 11.9 Å². The molecule has 1 amide bonds. The maximum absolute atomic E-state index is 11.7. The summed E-state index contributed by atoms with van der Waals surface area (Å²) in [5.74, 6) is -0.261. The van der Waals surface area contributed by atoms with Gasteiger partial charge in [0.1, 0.15) is 6.54 Å². The zero-order valence-electron chi connectivity index (χ0n) is 10.0. The quantitative estimate of drug-likeness (QED) is 0.644. The normalized spacial score (nSPS) is 10.1. The number of carbonyl (C=O) groups is 1. The van der Waals surface area contributed by atoms with Gasteiger partial charge in [0.15, 0.2) is 0 Å². The van der Waals surface area contributed by atoms with Crippen LogP contribution in [0, 0.1) is 0 Å². The molecule has 0 spiro atoms. The summed E-state index contributed by atoms with van der Waals surface area (Å²) >= 11 is 0. The van der Waals surface area contributed by atoms with Gasteiger partial charge in [-0.25, -0.2) is 4.68 Å². The Bertz CT molecular complexity index is 443. The summed E-state index contributed by atoms with van der Waals surface area (Å²) < 4.78 is 1.11. The molecule has 3 N–H and O–H groups in total. The Hall–Kier alpha value is -1.89. The summed E-state index contributed by atoms with van der Waals surface area (Å²) in [4.78, 5) is 24.6. The molecule has 1 aromatic rings. The van der Waals surface area contributed by atoms with Gasteiger partial charge in [0.2, 0.25) is 5.91 Å². The summed E-state index contributed by atoms with van der Waals surface area (Å²) in [5, 5.41) is 6.36. The topological polar surface area (TPSA) is 93.2 Å². The minimum Gasteiger partial charge on any atom is -0.372 e. The molecule has 94 valence electrons. The number of aromatic nitrogens is 2. The molecule has 0 saturated carbocycles. The molecular weight excluding hydrogens is 222 g/mol. The van der Waals surface area contributed by atoms with Gasteiger partial charge in [-0.2, -0.15) is 5.10 Å². The molecule has 1 aromatic heterocycles. The maximum Gasteiger partial charge on any atom is 0.269 e. The van der Waals surface area contributed by atoms with E-state index in [1.165, 1.54) is 13.1 Å². The largest absolute Gasteiger partial charge is 0.372 e. The predicted molar refractivity (Wildman–Crippen MR) is 64.9 cm³/mol. The average Bonchev–Trinajstić information content (AvgIpc) is 2.31. The standard InChI is InChI=1S/C10H17N5O2/c1-12-9(16)7-15-10(17)5-8(6-13-15)14(2)4-3-11/h5-6H,3-4,7,11H2,1-2H3,(H,12,16). The molecule has 1 rings (SSSR count). The fourth-order valence-corrected chi connectivity index (χ4v) is 1.29. The van der Waals surface area contributed by atoms with Crippen molar-refractivity contribution in [1.29, 1.82) is 0 Å². The molecule has 0 unspecified atom stereocenters. The predicted octanol–water partition coefficient (Wildman–Crippen LogP) is -1.62. The van der Waals surface area contributed by atoms with E-state index >= 15 is 0 Å². The second-order valence-corrected chi connectivity index (χ2v) is 3.59. The molecule has 0 aliphatic carbocycles. The minimum absolute atomic E-state index is 0.0732. The summed E-state index contributed by atoms with van der Waals surface area (Å²) in [6.45, 7) is 1.06. The van der Waals surface area contributed by atoms with E-state index in [0.717, 1.165) is 4.68 Å². The molecule has 0 fully saturated rings. The van der Waals surface area contributed by atoms with Crippen molar-refractivity contribution in [3.63, 3.8) is 0 Å². The van der Waals surface area contributed by atoms with Crippen molar-refractivity contribution in [3.05, 3.63) is 22.6 Å². The van der Waals surface area contributed by atoms with E-state index < -0.39 is 0 Å². The van der Waals surface area contributed by atoms with E-state index in [9.17, 15) is 9.59 Å². The highest BCUT2D eigenvalue weighted by Crippen LogP contribution is 2.05. The first-order valence-corrected chi connectivity index (χ1v) is 5.27. The van der Waals surface area contributed by atoms with E-state index in [4.69, 9.17) is 5.73 Å². The van der Waals surface area contributed by atoms with Crippen molar-refractivity contribution < 1.29 is 4.79 Å². The van der Waals surface area contributed by atoms with Crippen molar-refractivity contribution in [2.75, 3.05) is 32.1 Å². The van der Waals surface area contributed by atoms with E-state index in [0.29, 0.717) is 18.8 Å². The lowest BCUT2D eigenvalue weighted by atomic mass is 10.4. The second kappa shape index (κ2) is 6.00. The highest BCUT2D eigenvalue weighted by Gasteiger charge is 2.06. The molecular formula is C10H17N5O2. The molecule has 0 bridgehead atoms. The van der Waals surface area contributed by atoms with Gasteiger partial charge in [-0.15, -0.1) is 0 Å². The Morgan fingerprint density at radius 1 is 1.65 bits per heavy atom. The Balaban J connectivity index is 2.86. The van der Waals surface area contributed by atoms with Crippen molar-refractivity contribution in [3.8, 4) is 0 Å². The first kappa shape index (κ1) is 13.2. The van der Waals surface area contributed by atoms with Gasteiger partial charge in [0, 0.05) is 33.3 Å². The van der Waals surface area contributed by atoms with Crippen LogP contribution < -0.4 is 21.5 Å². The fourth-order valence-electron chi connectivity index (χ4n) is 1.29. The molecule has 0 atom stereocenters. The zero-order chi connectivity index (χ0) is 12.8. The van der Waals surface area contributed by atoms with Gasteiger partial charge >= 0.3 is 0 Å². The van der Waals surface area contributed by atoms with Crippen LogP contribution in [0.1, 0.15) is 0 Å². The third kappa shape index (κ3) is 3.56. The third-order valence-electron chi connectivity index (χ3n) is 2.33. The highest BCUT2D eigenvalue weighted by molar-refractivity contribution is 5.75. The lowest BCUT2D eigenvalue weighted by molar-refractivity contribution is -0.121. The van der Waals surface area contributed by atoms with Crippen LogP contribution in [0.4, 0.5) is 5.69 Å². The first-order valence-electron chi connectivity index (χ1n) is 5.27. The van der Waals surface area contributed by atoms with Gasteiger partial charge in [-0.1, -0.05) is 0 Å². The van der Waals surface area contributed by atoms with E-state index in [-0.39, 0.29) is 18.0 Å². The van der Waals surface area contributed by atoms with Crippen molar-refractivity contribution in [2.45, 2.75) is 6.54 Å². The number of likely N-dealkylation sites (N-methyl/N-ethyl adjacent to an activating group) is 2. The Morgan fingerprint density at radius 3 is 2.88 bits per heavy atom. The van der Waals surface area contributed by atoms with Crippen LogP contribution in [0.25, 0.3) is 0 Å². The number of hydrogen-bond donors (Lipinski definition) is 2. The van der Waals surface area contributed by atoms with Crippen LogP contribution in [0.5, 0.6) is 0 Å². The van der Waals surface area contributed by atoms with Crippen LogP contribution in [0.15, 0.2) is 17.1 Å². The fraction of sp³-hybridized carbons (Fsp3) is 0.500. The monoisotopic (exact) mass is 239 g/mol. The number of amides is 1. The lowest BCUT2D eigenvalue weighted by Crippen LogP contribution is -2.33. The molecule has 0 aromatic carbocycles. The summed E-state index contributed by atoms with van der Waals surface area (Å²) in [7, 11) is 3.34. The molecule has 7 nitrogen and oxygen atoms in total. The number of nitrogens with two attached hydrogens (primary N) is 1. The summed E-state index contributed by atoms with van der Waals surface area (Å²) in [6, 6.07) is 1.44. The third-order valence-corrected chi connectivity index (χ3v) is 2.33. The van der Waals surface area contributed by atoms with Crippen LogP contribution in [-0.2, 0) is 11.3 Å². The molecule has 17 heavy (non-hydrogen) atoms. The van der Waals surface area contributed by atoms with Gasteiger partial charge in [-0.05, 0) is 0 Å². The molecule has 0 radical (unpaired) electrons. The molecule has 0 aliphatic heterocycles. The number of anilines is 1. The van der Waals surface area contributed by atoms with Crippen LogP contribution in [0.2, 0.25) is 0 Å². The minimum atomic E-state index is -0.310. The van der Waals surface area contributed by atoms with Crippen molar-refractivity contribution in [2.24, 2.45) is 5.73 Å². The van der Waals surface area contributed by atoms with Crippen LogP contribution >= 0.6 is 0 Å². The number of nitrogens with one attached hydrogen (secondary N) is 1. The molecule has 0 saturated heterocycles. The molecule has 1 heterocycles. The lowest BCUT2D eigenvalue weighted by Gasteiger charge is -2.17. The highest BCUT2D eigenvalue weighted by atomic mass is 16.2. The average molecular weight is 239 g/mol. The number of rotatable bonds is 5. The van der Waals surface area contributed by atoms with E-state index in [1.807, 2.05) is 11.9 Å². The first-order chi connectivity index (χ1) is 8.08. The second-order valence-electron chi connectivity index (χ2n) is 3.59. The Labute approximate surface area is 99.2 Å². The summed E-state index contributed by atoms with van der Waals surface area (Å²) in [5.41, 5.74) is 5.80. The van der Waals surface area contributed by atoms with Gasteiger partial charge < -0.3 is 16.0 Å². The van der Waals surface area contributed by atoms with Gasteiger partial charge in [0.25, 0.3) is 5.56 Å². The zero-order valence-corrected chi connectivity index (χ0v) is 10.0. The smallest absolute Gasteiger partial charge is 0.269 e. The Kier molecular flexibility index (Phi) is 4.65. The number of hydrogen-bond acceptors (Lipinski definition) is 5. The molecule has 7 heteroatoms. The maximum atomic E-state index is 11.7. The van der Waals surface area contributed by atoms with E-state index in [2.05, 4.69) is 10.4 Å². The number of nitrogens with zero attached hydrogens (tertiary/aromatic N) is 3. The Morgan fingerprint density at radius 2 is 2.35 bits per heavy atom. The van der Waals surface area contributed by atoms with Gasteiger partial charge in [-0.3, -0.25) is 9.59 Å². The van der Waals surface area contributed by atoms with Crippen molar-refractivity contribution in [1.82, 2.24) is 15.1 Å². The number of carbonyl (C=O) groups excluding carboxylic acids is 1. The van der Waals surface area contributed by atoms with E-state index in [1.54, 1.807) is 6.20 Å².